The predicted molar refractivity (Wildman–Crippen MR) is 175 cm³/mol. The molecule has 0 rings (SSSR count). The van der Waals surface area contributed by atoms with Crippen LogP contribution in [0.2, 0.25) is 0 Å². The van der Waals surface area contributed by atoms with Crippen molar-refractivity contribution in [1.82, 2.24) is 5.32 Å². The zero-order valence-electron chi connectivity index (χ0n) is 25.7. The first-order valence-electron chi connectivity index (χ1n) is 15.2. The van der Waals surface area contributed by atoms with Gasteiger partial charge >= 0.3 is 7.82 Å². The fraction of sp³-hybridized carbons (Fsp3) is 0.545. The third-order valence-electron chi connectivity index (χ3n) is 5.73. The zero-order valence-corrected chi connectivity index (χ0v) is 26.6. The number of hydrogen-bond donors (Lipinski definition) is 4. The summed E-state index contributed by atoms with van der Waals surface area (Å²) in [4.78, 5) is 22.3. The van der Waals surface area contributed by atoms with Crippen LogP contribution in [-0.2, 0) is 18.4 Å². The summed E-state index contributed by atoms with van der Waals surface area (Å²) in [5.41, 5.74) is 5.31. The average Bonchev–Trinajstić information content (AvgIpc) is 2.97. The van der Waals surface area contributed by atoms with E-state index in [9.17, 15) is 19.4 Å². The quantitative estimate of drug-likeness (QED) is 0.0467. The van der Waals surface area contributed by atoms with Gasteiger partial charge in [-0.1, -0.05) is 112 Å². The van der Waals surface area contributed by atoms with Crippen molar-refractivity contribution in [1.29, 1.82) is 0 Å². The minimum absolute atomic E-state index is 0.0551. The maximum atomic E-state index is 12.5. The third kappa shape index (κ3) is 26.6. The fourth-order valence-corrected chi connectivity index (χ4v) is 4.19. The van der Waals surface area contributed by atoms with Gasteiger partial charge in [0.25, 0.3) is 0 Å². The number of aliphatic hydroxyl groups excluding tert-OH is 1. The summed E-state index contributed by atoms with van der Waals surface area (Å²) in [6.07, 6.45) is 36.8. The normalized spacial score (nSPS) is 15.8. The Morgan fingerprint density at radius 1 is 0.810 bits per heavy atom. The van der Waals surface area contributed by atoms with E-state index in [0.717, 1.165) is 57.8 Å². The van der Waals surface area contributed by atoms with E-state index in [0.29, 0.717) is 6.42 Å². The number of nitrogens with two attached hydrogens (primary N) is 1. The number of rotatable bonds is 26. The van der Waals surface area contributed by atoms with Crippen LogP contribution in [0.3, 0.4) is 0 Å². The molecule has 0 aromatic carbocycles. The average molecular weight is 607 g/mol. The lowest BCUT2D eigenvalue weighted by atomic mass is 10.1. The van der Waals surface area contributed by atoms with Crippen molar-refractivity contribution in [3.8, 4) is 0 Å². The maximum absolute atomic E-state index is 12.5. The highest BCUT2D eigenvalue weighted by atomic mass is 31.2. The smallest absolute Gasteiger partial charge is 0.387 e. The number of hydrogen-bond acceptors (Lipinski definition) is 6. The highest BCUT2D eigenvalue weighted by Crippen LogP contribution is 2.43. The van der Waals surface area contributed by atoms with Crippen LogP contribution >= 0.6 is 7.82 Å². The van der Waals surface area contributed by atoms with Gasteiger partial charge in [-0.3, -0.25) is 13.8 Å². The second kappa shape index (κ2) is 28.8. The van der Waals surface area contributed by atoms with Crippen LogP contribution in [0.5, 0.6) is 0 Å². The van der Waals surface area contributed by atoms with Crippen LogP contribution in [0.4, 0.5) is 0 Å². The van der Waals surface area contributed by atoms with Crippen molar-refractivity contribution < 1.29 is 28.4 Å². The molecule has 0 saturated heterocycles. The summed E-state index contributed by atoms with van der Waals surface area (Å²) in [7, 11) is -4.36. The molecule has 0 aromatic heterocycles. The van der Waals surface area contributed by atoms with Crippen LogP contribution in [0.25, 0.3) is 0 Å². The first kappa shape index (κ1) is 39.7. The second-order valence-electron chi connectivity index (χ2n) is 9.58. The number of aliphatic hydroxyl groups is 1. The minimum atomic E-state index is -4.36. The molecule has 0 bridgehead atoms. The summed E-state index contributed by atoms with van der Waals surface area (Å²) in [6, 6.07) is -0.932. The fourth-order valence-electron chi connectivity index (χ4n) is 3.43. The molecule has 3 atom stereocenters. The predicted octanol–water partition coefficient (Wildman–Crippen LogP) is 7.15. The van der Waals surface area contributed by atoms with E-state index in [1.54, 1.807) is 12.2 Å². The van der Waals surface area contributed by atoms with E-state index >= 15 is 0 Å². The van der Waals surface area contributed by atoms with Gasteiger partial charge in [0.15, 0.2) is 0 Å². The van der Waals surface area contributed by atoms with E-state index in [2.05, 4.69) is 73.8 Å². The van der Waals surface area contributed by atoms with Gasteiger partial charge in [-0.2, -0.15) is 0 Å². The Morgan fingerprint density at radius 3 is 1.93 bits per heavy atom. The van der Waals surface area contributed by atoms with E-state index in [1.165, 1.54) is 0 Å². The van der Waals surface area contributed by atoms with Crippen LogP contribution in [0.1, 0.15) is 84.5 Å². The van der Waals surface area contributed by atoms with Crippen molar-refractivity contribution in [2.45, 2.75) is 96.6 Å². The molecule has 1 amide bonds. The molecule has 0 aliphatic rings. The summed E-state index contributed by atoms with van der Waals surface area (Å²) >= 11 is 0. The van der Waals surface area contributed by atoms with E-state index in [1.807, 2.05) is 18.2 Å². The van der Waals surface area contributed by atoms with Gasteiger partial charge in [-0.05, 0) is 51.4 Å². The number of carbonyl (C=O) groups excluding carboxylic acids is 1. The van der Waals surface area contributed by atoms with Crippen LogP contribution in [0.15, 0.2) is 85.1 Å². The van der Waals surface area contributed by atoms with E-state index < -0.39 is 26.6 Å². The molecule has 0 fully saturated rings. The molecule has 238 valence electrons. The molecule has 0 radical (unpaired) electrons. The standard InChI is InChI=1S/C33H55N2O6P/c1-3-5-7-9-11-13-14-15-16-17-18-19-21-23-25-27-33(37)35-31(30-41-42(38,39)40-29-28-34)32(36)26-24-22-20-12-10-8-6-4-2/h5,7,10-13,15-16,18-19,23-26,31-32,36H,3-4,6,8-9,14,17,20-22,27-30,34H2,1-2H3,(H,35,37)(H,38,39)/b7-5-,12-10+,13-11-,16-15-,19-18-,25-23-,26-24+. The third-order valence-corrected chi connectivity index (χ3v) is 6.72. The van der Waals surface area contributed by atoms with Crippen molar-refractivity contribution in [3.63, 3.8) is 0 Å². The second-order valence-corrected chi connectivity index (χ2v) is 11.0. The van der Waals surface area contributed by atoms with Gasteiger partial charge in [0.2, 0.25) is 5.91 Å². The van der Waals surface area contributed by atoms with Crippen molar-refractivity contribution in [2.24, 2.45) is 5.73 Å². The lowest BCUT2D eigenvalue weighted by molar-refractivity contribution is -0.122. The number of phosphoric ester groups is 1. The molecule has 0 aliphatic carbocycles. The van der Waals surface area contributed by atoms with Crippen LogP contribution in [-0.4, -0.2) is 47.8 Å². The van der Waals surface area contributed by atoms with Crippen molar-refractivity contribution >= 4 is 13.7 Å². The number of carbonyl (C=O) groups is 1. The van der Waals surface area contributed by atoms with Crippen molar-refractivity contribution in [2.75, 3.05) is 19.8 Å². The Bertz CT molecular complexity index is 924. The molecular formula is C33H55N2O6P. The molecule has 9 heteroatoms. The first-order valence-corrected chi connectivity index (χ1v) is 16.7. The SMILES string of the molecule is CC/C=C\C/C=C\C/C=C\C/C=C\C/C=C\CC(=O)NC(COP(=O)(O)OCCN)C(O)/C=C/CC/C=C/CCCC. The Balaban J connectivity index is 4.65. The van der Waals surface area contributed by atoms with Gasteiger partial charge in [0.05, 0.1) is 25.4 Å². The molecule has 0 aromatic rings. The number of phosphoric acid groups is 1. The zero-order chi connectivity index (χ0) is 31.2. The highest BCUT2D eigenvalue weighted by molar-refractivity contribution is 7.47. The van der Waals surface area contributed by atoms with Gasteiger partial charge in [-0.15, -0.1) is 0 Å². The molecule has 3 unspecified atom stereocenters. The topological polar surface area (TPSA) is 131 Å². The number of amides is 1. The summed E-state index contributed by atoms with van der Waals surface area (Å²) < 4.78 is 21.8. The molecular weight excluding hydrogens is 551 g/mol. The molecule has 0 saturated carbocycles. The van der Waals surface area contributed by atoms with Crippen LogP contribution in [0, 0.1) is 0 Å². The molecule has 0 heterocycles. The highest BCUT2D eigenvalue weighted by Gasteiger charge is 2.26. The number of nitrogens with one attached hydrogen (secondary N) is 1. The molecule has 5 N–H and O–H groups in total. The monoisotopic (exact) mass is 606 g/mol. The van der Waals surface area contributed by atoms with Gasteiger partial charge in [0.1, 0.15) is 0 Å². The Morgan fingerprint density at radius 2 is 1.36 bits per heavy atom. The first-order chi connectivity index (χ1) is 20.4. The Hall–Kier alpha value is -2.32. The van der Waals surface area contributed by atoms with Crippen LogP contribution < -0.4 is 11.1 Å². The molecule has 0 spiro atoms. The van der Waals surface area contributed by atoms with Gasteiger partial charge in [-0.25, -0.2) is 4.57 Å². The molecule has 0 aliphatic heterocycles. The lowest BCUT2D eigenvalue weighted by Gasteiger charge is -2.23. The molecule has 8 nitrogen and oxygen atoms in total. The summed E-state index contributed by atoms with van der Waals surface area (Å²) in [5.74, 6) is -0.341. The summed E-state index contributed by atoms with van der Waals surface area (Å²) in [6.45, 7) is 3.78. The Labute approximate surface area is 254 Å². The van der Waals surface area contributed by atoms with Crippen molar-refractivity contribution in [3.05, 3.63) is 85.1 Å². The largest absolute Gasteiger partial charge is 0.472 e. The Kier molecular flexibility index (Phi) is 27.2. The summed E-state index contributed by atoms with van der Waals surface area (Å²) in [5, 5.41) is 13.3. The minimum Gasteiger partial charge on any atom is -0.387 e. The van der Waals surface area contributed by atoms with E-state index in [4.69, 9.17) is 14.8 Å². The lowest BCUT2D eigenvalue weighted by Crippen LogP contribution is -2.45. The number of unbranched alkanes of at least 4 members (excludes halogenated alkanes) is 3. The molecule has 42 heavy (non-hydrogen) atoms. The van der Waals surface area contributed by atoms with Gasteiger partial charge < -0.3 is 21.1 Å². The van der Waals surface area contributed by atoms with Gasteiger partial charge in [0, 0.05) is 13.0 Å². The van der Waals surface area contributed by atoms with E-state index in [-0.39, 0.29) is 25.5 Å². The maximum Gasteiger partial charge on any atom is 0.472 e. The number of allylic oxidation sites excluding steroid dienone is 12.